The molecule has 0 aromatic heterocycles. The third kappa shape index (κ3) is 6.56. The van der Waals surface area contributed by atoms with Gasteiger partial charge in [0.25, 0.3) is 0 Å². The van der Waals surface area contributed by atoms with E-state index in [-0.39, 0.29) is 5.56 Å². The first kappa shape index (κ1) is 23.9. The van der Waals surface area contributed by atoms with Gasteiger partial charge >= 0.3 is 11.9 Å². The van der Waals surface area contributed by atoms with Gasteiger partial charge in [0.1, 0.15) is 12.0 Å². The number of amides is 1. The molecule has 0 spiro atoms. The van der Waals surface area contributed by atoms with Crippen molar-refractivity contribution in [2.24, 2.45) is 0 Å². The van der Waals surface area contributed by atoms with E-state index in [1.807, 2.05) is 0 Å². The minimum atomic E-state index is -1.57. The smallest absolute Gasteiger partial charge is 0.333 e. The van der Waals surface area contributed by atoms with Crippen LogP contribution in [0.3, 0.4) is 0 Å². The Balaban J connectivity index is 2.20. The molecule has 6 nitrogen and oxygen atoms in total. The number of esters is 2. The summed E-state index contributed by atoms with van der Waals surface area (Å²) in [7, 11) is 1.13. The van der Waals surface area contributed by atoms with Gasteiger partial charge in [0.05, 0.1) is 7.11 Å². The molecule has 0 saturated heterocycles. The molecule has 0 fully saturated rings. The molecule has 1 atom stereocenters. The van der Waals surface area contributed by atoms with Crippen molar-refractivity contribution in [3.05, 3.63) is 59.4 Å². The molecule has 0 aliphatic rings. The third-order valence-electron chi connectivity index (χ3n) is 4.03. The van der Waals surface area contributed by atoms with Crippen LogP contribution in [0.1, 0.15) is 38.8 Å². The maximum absolute atomic E-state index is 13.5. The van der Waals surface area contributed by atoms with Crippen molar-refractivity contribution in [1.29, 1.82) is 0 Å². The van der Waals surface area contributed by atoms with Gasteiger partial charge in [-0.3, -0.25) is 9.59 Å². The number of nitrogens with one attached hydrogen (secondary N) is 1. The molecule has 0 aliphatic heterocycles. The second-order valence-electron chi connectivity index (χ2n) is 7.66. The first-order chi connectivity index (χ1) is 14.4. The van der Waals surface area contributed by atoms with Crippen LogP contribution in [0.5, 0.6) is 0 Å². The van der Waals surface area contributed by atoms with Crippen LogP contribution in [0.2, 0.25) is 0 Å². The normalized spacial score (nSPS) is 12.1. The van der Waals surface area contributed by atoms with Crippen LogP contribution >= 0.6 is 0 Å². The van der Waals surface area contributed by atoms with Gasteiger partial charge in [-0.15, -0.1) is 0 Å². The van der Waals surface area contributed by atoms with Crippen LogP contribution in [0.15, 0.2) is 36.4 Å². The summed E-state index contributed by atoms with van der Waals surface area (Å²) in [5.41, 5.74) is -0.0261. The number of rotatable bonds is 6. The molecule has 31 heavy (non-hydrogen) atoms. The Morgan fingerprint density at radius 1 is 0.968 bits per heavy atom. The maximum Gasteiger partial charge on any atom is 0.333 e. The van der Waals surface area contributed by atoms with Crippen LogP contribution in [0.25, 0.3) is 11.1 Å². The zero-order valence-electron chi connectivity index (χ0n) is 17.4. The lowest BCUT2D eigenvalue weighted by atomic mass is 10.00. The fourth-order valence-corrected chi connectivity index (χ4v) is 2.71. The van der Waals surface area contributed by atoms with Crippen LogP contribution in [-0.2, 0) is 23.9 Å². The topological polar surface area (TPSA) is 81.7 Å². The molecular weight excluding hydrogens is 415 g/mol. The van der Waals surface area contributed by atoms with E-state index < -0.39 is 53.4 Å². The first-order valence-corrected chi connectivity index (χ1v) is 9.25. The quantitative estimate of drug-likeness (QED) is 0.422. The number of hydrogen-bond donors (Lipinski definition) is 1. The Morgan fingerprint density at radius 3 is 2.00 bits per heavy atom. The van der Waals surface area contributed by atoms with E-state index in [0.717, 1.165) is 19.2 Å². The van der Waals surface area contributed by atoms with E-state index in [9.17, 15) is 27.6 Å². The lowest BCUT2D eigenvalue weighted by Crippen LogP contribution is -2.36. The molecule has 166 valence electrons. The lowest BCUT2D eigenvalue weighted by molar-refractivity contribution is -0.157. The van der Waals surface area contributed by atoms with Gasteiger partial charge in [0, 0.05) is 0 Å². The van der Waals surface area contributed by atoms with E-state index in [0.29, 0.717) is 11.1 Å². The molecule has 1 unspecified atom stereocenters. The minimum absolute atomic E-state index is 0.0894. The Bertz CT molecular complexity index is 961. The molecule has 0 heterocycles. The summed E-state index contributed by atoms with van der Waals surface area (Å²) in [4.78, 5) is 36.2. The maximum atomic E-state index is 13.5. The van der Waals surface area contributed by atoms with Crippen LogP contribution in [-0.4, -0.2) is 30.6 Å². The van der Waals surface area contributed by atoms with Crippen molar-refractivity contribution in [1.82, 2.24) is 5.32 Å². The van der Waals surface area contributed by atoms with Gasteiger partial charge in [-0.05, 0) is 49.6 Å². The van der Waals surface area contributed by atoms with Crippen molar-refractivity contribution in [2.45, 2.75) is 38.8 Å². The predicted octanol–water partition coefficient (Wildman–Crippen LogP) is 3.83. The van der Waals surface area contributed by atoms with Crippen molar-refractivity contribution < 1.29 is 37.0 Å². The third-order valence-corrected chi connectivity index (χ3v) is 4.03. The van der Waals surface area contributed by atoms with Gasteiger partial charge in [-0.25, -0.2) is 18.0 Å². The van der Waals surface area contributed by atoms with Crippen molar-refractivity contribution in [3.8, 4) is 11.1 Å². The van der Waals surface area contributed by atoms with E-state index in [1.54, 1.807) is 20.8 Å². The zero-order chi connectivity index (χ0) is 23.3. The molecular formula is C22H22F3NO5. The summed E-state index contributed by atoms with van der Waals surface area (Å²) in [5.74, 6) is -6.54. The Labute approximate surface area is 177 Å². The van der Waals surface area contributed by atoms with E-state index in [1.165, 1.54) is 24.3 Å². The first-order valence-electron chi connectivity index (χ1n) is 9.25. The highest BCUT2D eigenvalue weighted by atomic mass is 19.2. The highest BCUT2D eigenvalue weighted by Crippen LogP contribution is 2.26. The molecule has 2 aromatic rings. The molecule has 0 bridgehead atoms. The Kier molecular flexibility index (Phi) is 7.43. The molecule has 0 radical (unpaired) electrons. The van der Waals surface area contributed by atoms with Crippen molar-refractivity contribution >= 4 is 17.8 Å². The van der Waals surface area contributed by atoms with Crippen molar-refractivity contribution in [2.75, 3.05) is 7.11 Å². The van der Waals surface area contributed by atoms with E-state index in [4.69, 9.17) is 9.47 Å². The average molecular weight is 437 g/mol. The van der Waals surface area contributed by atoms with Crippen molar-refractivity contribution in [3.63, 3.8) is 0 Å². The second-order valence-corrected chi connectivity index (χ2v) is 7.66. The summed E-state index contributed by atoms with van der Waals surface area (Å²) in [5, 5.41) is 2.40. The number of ether oxygens (including phenoxy) is 2. The largest absolute Gasteiger partial charge is 0.467 e. The average Bonchev–Trinajstić information content (AvgIpc) is 2.68. The van der Waals surface area contributed by atoms with Gasteiger partial charge in [0.15, 0.2) is 23.5 Å². The van der Waals surface area contributed by atoms with Gasteiger partial charge in [0.2, 0.25) is 5.91 Å². The molecule has 2 rings (SSSR count). The number of carbonyl (C=O) groups is 3. The van der Waals surface area contributed by atoms with E-state index >= 15 is 0 Å². The summed E-state index contributed by atoms with van der Waals surface area (Å²) in [6.07, 6.45) is -0.600. The number of hydrogen-bond acceptors (Lipinski definition) is 5. The number of halogens is 3. The molecule has 1 N–H and O–H groups in total. The summed E-state index contributed by atoms with van der Waals surface area (Å²) in [6, 6.07) is 6.21. The summed E-state index contributed by atoms with van der Waals surface area (Å²) < 4.78 is 49.9. The van der Waals surface area contributed by atoms with Crippen LogP contribution in [0.4, 0.5) is 13.2 Å². The Hall–Kier alpha value is -3.36. The number of carbonyl (C=O) groups excluding carboxylic acids is 3. The van der Waals surface area contributed by atoms with Crippen LogP contribution < -0.4 is 5.32 Å². The molecule has 1 amide bonds. The van der Waals surface area contributed by atoms with Gasteiger partial charge in [-0.2, -0.15) is 0 Å². The monoisotopic (exact) mass is 437 g/mol. The van der Waals surface area contributed by atoms with Crippen LogP contribution in [0, 0.1) is 17.5 Å². The highest BCUT2D eigenvalue weighted by molar-refractivity contribution is 5.96. The van der Waals surface area contributed by atoms with Gasteiger partial charge < -0.3 is 14.8 Å². The SMILES string of the molecule is COC(=O)C(NC(=O)CC(=O)OC(C)(C)C)c1ccc(-c2cc(F)c(F)c(F)c2)cc1. The minimum Gasteiger partial charge on any atom is -0.467 e. The highest BCUT2D eigenvalue weighted by Gasteiger charge is 2.26. The lowest BCUT2D eigenvalue weighted by Gasteiger charge is -2.20. The zero-order valence-corrected chi connectivity index (χ0v) is 17.4. The molecule has 0 aliphatic carbocycles. The fourth-order valence-electron chi connectivity index (χ4n) is 2.71. The van der Waals surface area contributed by atoms with Gasteiger partial charge in [-0.1, -0.05) is 24.3 Å². The molecule has 9 heteroatoms. The predicted molar refractivity (Wildman–Crippen MR) is 105 cm³/mol. The van der Waals surface area contributed by atoms with E-state index in [2.05, 4.69) is 5.32 Å². The molecule has 0 saturated carbocycles. The standard InChI is InChI=1S/C22H22F3NO5/c1-22(2,3)31-18(28)11-17(27)26-20(21(29)30-4)13-7-5-12(6-8-13)14-9-15(23)19(25)16(24)10-14/h5-10,20H,11H2,1-4H3,(H,26,27). The molecule has 2 aromatic carbocycles. The summed E-state index contributed by atoms with van der Waals surface area (Å²) >= 11 is 0. The number of benzene rings is 2. The fraction of sp³-hybridized carbons (Fsp3) is 0.318. The summed E-state index contributed by atoms with van der Waals surface area (Å²) in [6.45, 7) is 4.96. The number of methoxy groups -OCH3 is 1. The Morgan fingerprint density at radius 2 is 1.52 bits per heavy atom. The second kappa shape index (κ2) is 9.63.